The maximum absolute atomic E-state index is 12.4. The summed E-state index contributed by atoms with van der Waals surface area (Å²) in [7, 11) is 1.76. The number of rotatable bonds is 3. The van der Waals surface area contributed by atoms with Gasteiger partial charge in [0.05, 0.1) is 11.7 Å². The summed E-state index contributed by atoms with van der Waals surface area (Å²) in [5, 5.41) is 3.56. The number of aryl methyl sites for hydroxylation is 1. The van der Waals surface area contributed by atoms with E-state index in [9.17, 15) is 4.79 Å². The van der Waals surface area contributed by atoms with Crippen LogP contribution in [0.5, 0.6) is 0 Å². The van der Waals surface area contributed by atoms with Crippen LogP contribution >= 0.6 is 27.5 Å². The second kappa shape index (κ2) is 7.16. The molecule has 0 heterocycles. The fraction of sp³-hybridized carbons (Fsp3) is 0.235. The van der Waals surface area contributed by atoms with Gasteiger partial charge in [-0.2, -0.15) is 0 Å². The van der Waals surface area contributed by atoms with Crippen molar-refractivity contribution >= 4 is 39.2 Å². The first kappa shape index (κ1) is 16.8. The molecule has 2 rings (SSSR count). The maximum Gasteiger partial charge on any atom is 0.322 e. The Kier molecular flexibility index (Phi) is 5.48. The Bertz CT molecular complexity index is 690. The Hall–Kier alpha value is -1.52. The van der Waals surface area contributed by atoms with Crippen molar-refractivity contribution in [1.82, 2.24) is 4.90 Å². The van der Waals surface area contributed by atoms with E-state index in [0.29, 0.717) is 5.02 Å². The van der Waals surface area contributed by atoms with Gasteiger partial charge in [0.2, 0.25) is 0 Å². The van der Waals surface area contributed by atoms with Crippen LogP contribution in [0.1, 0.15) is 24.1 Å². The molecule has 1 unspecified atom stereocenters. The first-order valence-corrected chi connectivity index (χ1v) is 8.11. The van der Waals surface area contributed by atoms with E-state index in [2.05, 4.69) is 21.2 Å². The van der Waals surface area contributed by atoms with Crippen molar-refractivity contribution < 1.29 is 4.79 Å². The fourth-order valence-corrected chi connectivity index (χ4v) is 3.01. The standard InChI is InChI=1S/C17H18BrClN2O/c1-11-8-9-16(14(18)10-11)20-17(22)21(3)12(2)13-6-4-5-7-15(13)19/h4-10,12H,1-3H3,(H,20,22). The first-order chi connectivity index (χ1) is 10.4. The lowest BCUT2D eigenvalue weighted by Gasteiger charge is -2.26. The molecule has 0 aliphatic carbocycles. The molecule has 2 amide bonds. The molecule has 116 valence electrons. The van der Waals surface area contributed by atoms with Crippen molar-refractivity contribution in [3.05, 3.63) is 63.1 Å². The number of nitrogens with zero attached hydrogens (tertiary/aromatic N) is 1. The third kappa shape index (κ3) is 3.81. The van der Waals surface area contributed by atoms with Crippen LogP contribution in [-0.2, 0) is 0 Å². The summed E-state index contributed by atoms with van der Waals surface area (Å²) in [6, 6.07) is 13.0. The summed E-state index contributed by atoms with van der Waals surface area (Å²) in [4.78, 5) is 14.1. The van der Waals surface area contributed by atoms with Gasteiger partial charge >= 0.3 is 6.03 Å². The third-order valence-electron chi connectivity index (χ3n) is 3.62. The molecule has 0 saturated carbocycles. The van der Waals surface area contributed by atoms with E-state index >= 15 is 0 Å². The molecule has 0 aliphatic rings. The summed E-state index contributed by atoms with van der Waals surface area (Å²) in [6.45, 7) is 3.95. The van der Waals surface area contributed by atoms with Crippen LogP contribution < -0.4 is 5.32 Å². The van der Waals surface area contributed by atoms with Crippen LogP contribution in [0.2, 0.25) is 5.02 Å². The van der Waals surface area contributed by atoms with Crippen molar-refractivity contribution in [2.75, 3.05) is 12.4 Å². The molecular weight excluding hydrogens is 364 g/mol. The van der Waals surface area contributed by atoms with Gasteiger partial charge in [-0.25, -0.2) is 4.79 Å². The lowest BCUT2D eigenvalue weighted by Crippen LogP contribution is -2.33. The number of anilines is 1. The van der Waals surface area contributed by atoms with Gasteiger partial charge in [0.15, 0.2) is 0 Å². The number of carbonyl (C=O) groups excluding carboxylic acids is 1. The molecule has 0 saturated heterocycles. The van der Waals surface area contributed by atoms with Crippen LogP contribution in [0.25, 0.3) is 0 Å². The molecule has 0 aliphatic heterocycles. The molecule has 0 fully saturated rings. The largest absolute Gasteiger partial charge is 0.322 e. The van der Waals surface area contributed by atoms with Gasteiger partial charge in [0.25, 0.3) is 0 Å². The Labute approximate surface area is 144 Å². The van der Waals surface area contributed by atoms with Gasteiger partial charge in [-0.1, -0.05) is 35.9 Å². The molecule has 0 radical (unpaired) electrons. The van der Waals surface area contributed by atoms with E-state index in [1.165, 1.54) is 0 Å². The zero-order valence-electron chi connectivity index (χ0n) is 12.7. The molecule has 2 aromatic carbocycles. The molecule has 22 heavy (non-hydrogen) atoms. The summed E-state index contributed by atoms with van der Waals surface area (Å²) >= 11 is 9.67. The minimum atomic E-state index is -0.183. The lowest BCUT2D eigenvalue weighted by molar-refractivity contribution is 0.208. The topological polar surface area (TPSA) is 32.3 Å². The van der Waals surface area contributed by atoms with Crippen LogP contribution in [0, 0.1) is 6.92 Å². The number of hydrogen-bond donors (Lipinski definition) is 1. The summed E-state index contributed by atoms with van der Waals surface area (Å²) in [5.74, 6) is 0. The van der Waals surface area contributed by atoms with Crippen LogP contribution in [0.3, 0.4) is 0 Å². The van der Waals surface area contributed by atoms with Gasteiger partial charge in [0, 0.05) is 16.5 Å². The van der Waals surface area contributed by atoms with Gasteiger partial charge in [-0.15, -0.1) is 0 Å². The van der Waals surface area contributed by atoms with E-state index in [1.807, 2.05) is 56.3 Å². The zero-order valence-corrected chi connectivity index (χ0v) is 15.1. The minimum absolute atomic E-state index is 0.127. The quantitative estimate of drug-likeness (QED) is 0.733. The SMILES string of the molecule is Cc1ccc(NC(=O)N(C)C(C)c2ccccc2Cl)c(Br)c1. The van der Waals surface area contributed by atoms with Gasteiger partial charge < -0.3 is 10.2 Å². The number of hydrogen-bond acceptors (Lipinski definition) is 1. The monoisotopic (exact) mass is 380 g/mol. The molecule has 5 heteroatoms. The molecule has 2 aromatic rings. The second-order valence-corrected chi connectivity index (χ2v) is 6.48. The van der Waals surface area contributed by atoms with Crippen molar-refractivity contribution in [2.45, 2.75) is 19.9 Å². The Balaban J connectivity index is 2.13. The summed E-state index contributed by atoms with van der Waals surface area (Å²) in [5.41, 5.74) is 2.79. The Morgan fingerprint density at radius 1 is 1.27 bits per heavy atom. The average Bonchev–Trinajstić information content (AvgIpc) is 2.49. The second-order valence-electron chi connectivity index (χ2n) is 5.22. The molecule has 1 atom stereocenters. The number of carbonyl (C=O) groups is 1. The average molecular weight is 382 g/mol. The van der Waals surface area contributed by atoms with E-state index in [4.69, 9.17) is 11.6 Å². The Morgan fingerprint density at radius 3 is 2.59 bits per heavy atom. The highest BCUT2D eigenvalue weighted by Gasteiger charge is 2.19. The highest BCUT2D eigenvalue weighted by atomic mass is 79.9. The van der Waals surface area contributed by atoms with E-state index in [0.717, 1.165) is 21.3 Å². The predicted molar refractivity (Wildman–Crippen MR) is 95.5 cm³/mol. The van der Waals surface area contributed by atoms with Crippen LogP contribution in [0.4, 0.5) is 10.5 Å². The van der Waals surface area contributed by atoms with Gasteiger partial charge in [-0.05, 0) is 59.1 Å². The number of benzene rings is 2. The molecule has 1 N–H and O–H groups in total. The maximum atomic E-state index is 12.4. The number of amides is 2. The highest BCUT2D eigenvalue weighted by Crippen LogP contribution is 2.28. The first-order valence-electron chi connectivity index (χ1n) is 6.94. The van der Waals surface area contributed by atoms with Crippen LogP contribution in [0.15, 0.2) is 46.9 Å². The molecule has 3 nitrogen and oxygen atoms in total. The molecule has 0 bridgehead atoms. The summed E-state index contributed by atoms with van der Waals surface area (Å²) < 4.78 is 0.861. The van der Waals surface area contributed by atoms with Crippen molar-refractivity contribution in [3.8, 4) is 0 Å². The lowest BCUT2D eigenvalue weighted by atomic mass is 10.1. The number of urea groups is 1. The third-order valence-corrected chi connectivity index (χ3v) is 4.62. The highest BCUT2D eigenvalue weighted by molar-refractivity contribution is 9.10. The number of halogens is 2. The smallest absolute Gasteiger partial charge is 0.321 e. The summed E-state index contributed by atoms with van der Waals surface area (Å²) in [6.07, 6.45) is 0. The molecule has 0 aromatic heterocycles. The van der Waals surface area contributed by atoms with Crippen LogP contribution in [-0.4, -0.2) is 18.0 Å². The Morgan fingerprint density at radius 2 is 1.95 bits per heavy atom. The zero-order chi connectivity index (χ0) is 16.3. The van der Waals surface area contributed by atoms with Gasteiger partial charge in [0.1, 0.15) is 0 Å². The predicted octanol–water partition coefficient (Wildman–Crippen LogP) is 5.64. The van der Waals surface area contributed by atoms with Crippen molar-refractivity contribution in [2.24, 2.45) is 0 Å². The number of nitrogens with one attached hydrogen (secondary N) is 1. The van der Waals surface area contributed by atoms with Gasteiger partial charge in [-0.3, -0.25) is 0 Å². The van der Waals surface area contributed by atoms with Crippen molar-refractivity contribution in [3.63, 3.8) is 0 Å². The van der Waals surface area contributed by atoms with E-state index in [1.54, 1.807) is 11.9 Å². The van der Waals surface area contributed by atoms with Crippen molar-refractivity contribution in [1.29, 1.82) is 0 Å². The van der Waals surface area contributed by atoms with E-state index in [-0.39, 0.29) is 12.1 Å². The normalized spacial score (nSPS) is 11.9. The molecular formula is C17H18BrClN2O. The minimum Gasteiger partial charge on any atom is -0.321 e. The molecule has 0 spiro atoms. The fourth-order valence-electron chi connectivity index (χ4n) is 2.12. The van der Waals surface area contributed by atoms with E-state index < -0.39 is 0 Å².